The van der Waals surface area contributed by atoms with Crippen molar-refractivity contribution in [2.75, 3.05) is 44.6 Å². The fourth-order valence-electron chi connectivity index (χ4n) is 3.67. The highest BCUT2D eigenvalue weighted by atomic mass is 32.2. The lowest BCUT2D eigenvalue weighted by Crippen LogP contribution is -2.33. The molecule has 3 aromatic rings. The topological polar surface area (TPSA) is 98.7 Å². The van der Waals surface area contributed by atoms with Gasteiger partial charge in [0, 0.05) is 44.0 Å². The number of aromatic nitrogens is 2. The molecular weight excluding hydrogens is 433 g/mol. The molecule has 2 aromatic heterocycles. The molecule has 1 fully saturated rings. The Morgan fingerprint density at radius 1 is 1.19 bits per heavy atom. The zero-order chi connectivity index (χ0) is 22.5. The lowest BCUT2D eigenvalue weighted by molar-refractivity contribution is 0.102. The number of β-amino-alcohol motifs (C(OH)–C–C–N with tert-alkyl or cyclic N) is 1. The third kappa shape index (κ3) is 5.16. The van der Waals surface area contributed by atoms with Crippen LogP contribution in [0.3, 0.4) is 0 Å². The molecule has 4 rings (SSSR count). The summed E-state index contributed by atoms with van der Waals surface area (Å²) >= 11 is 0. The number of hydrogen-bond donors (Lipinski definition) is 2. The first-order chi connectivity index (χ1) is 15.5. The molecule has 1 aromatic carbocycles. The van der Waals surface area contributed by atoms with Crippen LogP contribution < -0.4 is 5.32 Å². The Hall–Kier alpha value is -2.79. The number of aliphatic hydroxyl groups excluding tert-OH is 1. The van der Waals surface area contributed by atoms with E-state index >= 15 is 0 Å². The number of halogens is 1. The number of pyridine rings is 2. The third-order valence-electron chi connectivity index (χ3n) is 5.31. The van der Waals surface area contributed by atoms with E-state index in [1.807, 2.05) is 4.31 Å². The number of anilines is 1. The fraction of sp³-hybridized carbons (Fsp3) is 0.318. The molecule has 0 radical (unpaired) electrons. The largest absolute Gasteiger partial charge is 0.395 e. The molecule has 0 spiro atoms. The molecule has 0 aliphatic carbocycles. The Labute approximate surface area is 187 Å². The van der Waals surface area contributed by atoms with E-state index in [1.165, 1.54) is 24.5 Å². The SMILES string of the molecule is O=C(Nc1cncc(S(=O)N2CCCN(CCO)CC2)c1)c1cc2ncccc2cc1F. The molecule has 1 saturated heterocycles. The van der Waals surface area contributed by atoms with Gasteiger partial charge in [-0.3, -0.25) is 19.7 Å². The van der Waals surface area contributed by atoms with Gasteiger partial charge >= 0.3 is 0 Å². The van der Waals surface area contributed by atoms with Crippen LogP contribution in [0.2, 0.25) is 0 Å². The molecule has 168 valence electrons. The van der Waals surface area contributed by atoms with Crippen molar-refractivity contribution in [2.45, 2.75) is 11.3 Å². The van der Waals surface area contributed by atoms with Gasteiger partial charge in [0.15, 0.2) is 0 Å². The van der Waals surface area contributed by atoms with Crippen LogP contribution in [0.25, 0.3) is 10.9 Å². The summed E-state index contributed by atoms with van der Waals surface area (Å²) in [6, 6.07) is 7.70. The van der Waals surface area contributed by atoms with Crippen LogP contribution >= 0.6 is 0 Å². The number of benzene rings is 1. The first-order valence-corrected chi connectivity index (χ1v) is 11.5. The van der Waals surface area contributed by atoms with E-state index < -0.39 is 22.7 Å². The summed E-state index contributed by atoms with van der Waals surface area (Å²) in [5.74, 6) is -1.28. The highest BCUT2D eigenvalue weighted by molar-refractivity contribution is 7.82. The predicted octanol–water partition coefficient (Wildman–Crippen LogP) is 2.04. The highest BCUT2D eigenvalue weighted by Crippen LogP contribution is 2.20. The number of hydrogen-bond acceptors (Lipinski definition) is 6. The van der Waals surface area contributed by atoms with Gasteiger partial charge in [-0.15, -0.1) is 0 Å². The van der Waals surface area contributed by atoms with Gasteiger partial charge in [-0.25, -0.2) is 12.9 Å². The van der Waals surface area contributed by atoms with Gasteiger partial charge in [0.1, 0.15) is 16.8 Å². The van der Waals surface area contributed by atoms with E-state index in [2.05, 4.69) is 20.2 Å². The molecule has 2 N–H and O–H groups in total. The smallest absolute Gasteiger partial charge is 0.258 e. The van der Waals surface area contributed by atoms with Crippen molar-refractivity contribution in [1.29, 1.82) is 0 Å². The lowest BCUT2D eigenvalue weighted by atomic mass is 10.1. The molecule has 1 unspecified atom stereocenters. The quantitative estimate of drug-likeness (QED) is 0.588. The standard InChI is InChI=1S/C22H24FN5O3S/c23-20-11-16-3-1-4-25-21(16)13-19(20)22(30)26-17-12-18(15-24-14-17)32(31)28-6-2-5-27(7-8-28)9-10-29/h1,3-4,11-15,29H,2,5-10H2,(H,26,30). The molecule has 32 heavy (non-hydrogen) atoms. The van der Waals surface area contributed by atoms with Crippen molar-refractivity contribution >= 4 is 33.5 Å². The van der Waals surface area contributed by atoms with E-state index in [4.69, 9.17) is 5.11 Å². The summed E-state index contributed by atoms with van der Waals surface area (Å²) in [6.07, 6.45) is 5.35. The van der Waals surface area contributed by atoms with Crippen molar-refractivity contribution in [3.63, 3.8) is 0 Å². The molecular formula is C22H24FN5O3S. The second-order valence-corrected chi connectivity index (χ2v) is 8.97. The number of carbonyl (C=O) groups excluding carboxylic acids is 1. The van der Waals surface area contributed by atoms with Crippen molar-refractivity contribution in [3.8, 4) is 0 Å². The average molecular weight is 458 g/mol. The summed E-state index contributed by atoms with van der Waals surface area (Å²) in [5, 5.41) is 12.4. The minimum absolute atomic E-state index is 0.0998. The molecule has 3 heterocycles. The molecule has 1 aliphatic heterocycles. The Bertz CT molecular complexity index is 1150. The van der Waals surface area contributed by atoms with E-state index in [1.54, 1.807) is 24.4 Å². The molecule has 0 bridgehead atoms. The molecule has 10 heteroatoms. The van der Waals surface area contributed by atoms with Crippen LogP contribution in [0.4, 0.5) is 10.1 Å². The summed E-state index contributed by atoms with van der Waals surface area (Å²) < 4.78 is 29.4. The Kier molecular flexibility index (Phi) is 7.15. The summed E-state index contributed by atoms with van der Waals surface area (Å²) in [5.41, 5.74) is 0.723. The maximum absolute atomic E-state index is 14.5. The number of carbonyl (C=O) groups is 1. The van der Waals surface area contributed by atoms with Gasteiger partial charge in [-0.1, -0.05) is 6.07 Å². The Morgan fingerprint density at radius 2 is 2.06 bits per heavy atom. The monoisotopic (exact) mass is 457 g/mol. The van der Waals surface area contributed by atoms with Gasteiger partial charge in [-0.05, 0) is 37.2 Å². The lowest BCUT2D eigenvalue weighted by Gasteiger charge is -2.20. The molecule has 1 atom stereocenters. The van der Waals surface area contributed by atoms with Gasteiger partial charge in [-0.2, -0.15) is 0 Å². The predicted molar refractivity (Wildman–Crippen MR) is 120 cm³/mol. The van der Waals surface area contributed by atoms with Crippen molar-refractivity contribution in [2.24, 2.45) is 0 Å². The minimum atomic E-state index is -1.45. The van der Waals surface area contributed by atoms with Crippen LogP contribution in [-0.4, -0.2) is 73.7 Å². The fourth-order valence-corrected chi connectivity index (χ4v) is 4.89. The van der Waals surface area contributed by atoms with Crippen LogP contribution in [0.15, 0.2) is 53.8 Å². The van der Waals surface area contributed by atoms with Gasteiger partial charge in [0.25, 0.3) is 5.91 Å². The maximum atomic E-state index is 14.5. The van der Waals surface area contributed by atoms with Crippen molar-refractivity contribution < 1.29 is 18.5 Å². The number of amides is 1. The molecule has 8 nitrogen and oxygen atoms in total. The maximum Gasteiger partial charge on any atom is 0.258 e. The Morgan fingerprint density at radius 3 is 2.91 bits per heavy atom. The zero-order valence-corrected chi connectivity index (χ0v) is 18.2. The minimum Gasteiger partial charge on any atom is -0.395 e. The van der Waals surface area contributed by atoms with E-state index in [0.717, 1.165) is 13.0 Å². The first-order valence-electron chi connectivity index (χ1n) is 10.4. The van der Waals surface area contributed by atoms with Crippen LogP contribution in [0.1, 0.15) is 16.8 Å². The van der Waals surface area contributed by atoms with Gasteiger partial charge in [0.05, 0.1) is 34.5 Å². The number of aliphatic hydroxyl groups is 1. The molecule has 0 saturated carbocycles. The first kappa shape index (κ1) is 22.4. The van der Waals surface area contributed by atoms with Gasteiger partial charge in [0.2, 0.25) is 0 Å². The van der Waals surface area contributed by atoms with E-state index in [0.29, 0.717) is 47.7 Å². The molecule has 1 aliphatic rings. The second kappa shape index (κ2) is 10.2. The summed E-state index contributed by atoms with van der Waals surface area (Å²) in [6.45, 7) is 3.51. The van der Waals surface area contributed by atoms with Crippen molar-refractivity contribution in [1.82, 2.24) is 19.2 Å². The third-order valence-corrected chi connectivity index (χ3v) is 6.77. The van der Waals surface area contributed by atoms with Crippen molar-refractivity contribution in [3.05, 3.63) is 60.3 Å². The van der Waals surface area contributed by atoms with E-state index in [-0.39, 0.29) is 12.2 Å². The highest BCUT2D eigenvalue weighted by Gasteiger charge is 2.21. The molecule has 1 amide bonds. The number of nitrogens with zero attached hydrogens (tertiary/aromatic N) is 4. The average Bonchev–Trinajstić information content (AvgIpc) is 3.04. The summed E-state index contributed by atoms with van der Waals surface area (Å²) in [4.78, 5) is 23.5. The number of fused-ring (bicyclic) bond motifs is 1. The second-order valence-electron chi connectivity index (χ2n) is 7.49. The normalized spacial score (nSPS) is 16.6. The van der Waals surface area contributed by atoms with Crippen LogP contribution in [0, 0.1) is 5.82 Å². The number of nitrogens with one attached hydrogen (secondary N) is 1. The summed E-state index contributed by atoms with van der Waals surface area (Å²) in [7, 11) is -1.45. The van der Waals surface area contributed by atoms with E-state index in [9.17, 15) is 13.4 Å². The van der Waals surface area contributed by atoms with Crippen LogP contribution in [-0.2, 0) is 11.0 Å². The number of rotatable bonds is 6. The zero-order valence-electron chi connectivity index (χ0n) is 17.4. The van der Waals surface area contributed by atoms with Gasteiger partial charge < -0.3 is 10.4 Å². The van der Waals surface area contributed by atoms with Crippen LogP contribution in [0.5, 0.6) is 0 Å². The Balaban J connectivity index is 1.48.